The number of aryl methyl sites for hydroxylation is 1. The van der Waals surface area contributed by atoms with Gasteiger partial charge in [-0.2, -0.15) is 5.10 Å². The van der Waals surface area contributed by atoms with Crippen molar-refractivity contribution in [3.8, 4) is 11.3 Å². The van der Waals surface area contributed by atoms with Crippen LogP contribution in [0.3, 0.4) is 0 Å². The molecule has 11 heteroatoms. The van der Waals surface area contributed by atoms with Gasteiger partial charge in [0.15, 0.2) is 5.17 Å². The lowest BCUT2D eigenvalue weighted by atomic mass is 10.1. The fourth-order valence-electron chi connectivity index (χ4n) is 2.49. The van der Waals surface area contributed by atoms with E-state index in [0.29, 0.717) is 22.6 Å². The van der Waals surface area contributed by atoms with Crippen LogP contribution in [0.1, 0.15) is 17.7 Å². The molecule has 0 saturated carbocycles. The SMILES string of the molecule is Cc1cc([N+](=O)[O-])ccc1-c1ccc(C=N/N=C2/NC(=O)C(CC(=O)O)S2)o1. The Morgan fingerprint density at radius 1 is 1.43 bits per heavy atom. The van der Waals surface area contributed by atoms with Crippen LogP contribution in [0.15, 0.2) is 45.0 Å². The lowest BCUT2D eigenvalue weighted by Gasteiger charge is -2.02. The van der Waals surface area contributed by atoms with E-state index < -0.39 is 22.0 Å². The van der Waals surface area contributed by atoms with Gasteiger partial charge in [-0.1, -0.05) is 11.8 Å². The van der Waals surface area contributed by atoms with E-state index >= 15 is 0 Å². The molecule has 2 heterocycles. The van der Waals surface area contributed by atoms with Crippen LogP contribution < -0.4 is 5.32 Å². The summed E-state index contributed by atoms with van der Waals surface area (Å²) in [7, 11) is 0. The maximum atomic E-state index is 11.6. The highest BCUT2D eigenvalue weighted by atomic mass is 32.2. The Bertz CT molecular complexity index is 1010. The van der Waals surface area contributed by atoms with Crippen molar-refractivity contribution in [2.75, 3.05) is 0 Å². The van der Waals surface area contributed by atoms with Gasteiger partial charge in [0.2, 0.25) is 5.91 Å². The van der Waals surface area contributed by atoms with Gasteiger partial charge < -0.3 is 14.8 Å². The average Bonchev–Trinajstić information content (AvgIpc) is 3.21. The van der Waals surface area contributed by atoms with Crippen molar-refractivity contribution >= 4 is 40.7 Å². The number of carboxylic acids is 1. The zero-order chi connectivity index (χ0) is 20.3. The number of nitrogens with one attached hydrogen (secondary N) is 1. The number of benzene rings is 1. The molecule has 0 bridgehead atoms. The van der Waals surface area contributed by atoms with Gasteiger partial charge in [-0.15, -0.1) is 5.10 Å². The Morgan fingerprint density at radius 2 is 2.21 bits per heavy atom. The molecule has 10 nitrogen and oxygen atoms in total. The van der Waals surface area contributed by atoms with Crippen LogP contribution in [-0.4, -0.2) is 38.5 Å². The third-order valence-electron chi connectivity index (χ3n) is 3.78. The van der Waals surface area contributed by atoms with Crippen LogP contribution in [-0.2, 0) is 9.59 Å². The standard InChI is InChI=1S/C17H14N4O6S/c1-9-6-10(21(25)26)2-4-12(9)13-5-3-11(27-13)8-18-20-17-19-16(24)14(28-17)7-15(22)23/h2-6,8,14H,7H2,1H3,(H,22,23)(H,19,20,24). The Balaban J connectivity index is 1.69. The Kier molecular flexibility index (Phi) is 5.54. The summed E-state index contributed by atoms with van der Waals surface area (Å²) in [6.45, 7) is 1.75. The number of carbonyl (C=O) groups excluding carboxylic acids is 1. The van der Waals surface area contributed by atoms with E-state index in [1.165, 1.54) is 18.3 Å². The van der Waals surface area contributed by atoms with Crippen molar-refractivity contribution in [1.82, 2.24) is 5.32 Å². The second-order valence-corrected chi connectivity index (χ2v) is 6.99. The van der Waals surface area contributed by atoms with Crippen LogP contribution in [0.2, 0.25) is 0 Å². The average molecular weight is 402 g/mol. The molecule has 2 aromatic rings. The molecule has 2 N–H and O–H groups in total. The van der Waals surface area contributed by atoms with Crippen molar-refractivity contribution in [2.24, 2.45) is 10.2 Å². The number of hydrogen-bond acceptors (Lipinski definition) is 8. The second-order valence-electron chi connectivity index (χ2n) is 5.80. The number of furan rings is 1. The van der Waals surface area contributed by atoms with Crippen LogP contribution in [0.5, 0.6) is 0 Å². The third kappa shape index (κ3) is 4.43. The van der Waals surface area contributed by atoms with Gasteiger partial charge in [0.25, 0.3) is 5.69 Å². The Hall–Kier alpha value is -3.47. The summed E-state index contributed by atoms with van der Waals surface area (Å²) >= 11 is 0.999. The number of hydrogen-bond donors (Lipinski definition) is 2. The third-order valence-corrected chi connectivity index (χ3v) is 4.86. The molecule has 0 aliphatic carbocycles. The van der Waals surface area contributed by atoms with Gasteiger partial charge in [-0.25, -0.2) is 0 Å². The van der Waals surface area contributed by atoms with E-state index in [1.807, 2.05) is 0 Å². The minimum absolute atomic E-state index is 0.00253. The highest BCUT2D eigenvalue weighted by Gasteiger charge is 2.32. The summed E-state index contributed by atoms with van der Waals surface area (Å²) in [5, 5.41) is 29.2. The first-order valence-corrected chi connectivity index (χ1v) is 8.87. The highest BCUT2D eigenvalue weighted by molar-refractivity contribution is 8.15. The number of amides is 1. The van der Waals surface area contributed by atoms with Crippen molar-refractivity contribution < 1.29 is 24.0 Å². The second kappa shape index (κ2) is 8.05. The number of aliphatic carboxylic acids is 1. The van der Waals surface area contributed by atoms with Crippen LogP contribution in [0.25, 0.3) is 11.3 Å². The number of nitro benzene ring substituents is 1. The van der Waals surface area contributed by atoms with Crippen LogP contribution in [0.4, 0.5) is 5.69 Å². The highest BCUT2D eigenvalue weighted by Crippen LogP contribution is 2.28. The van der Waals surface area contributed by atoms with E-state index in [9.17, 15) is 19.7 Å². The topological polar surface area (TPSA) is 147 Å². The van der Waals surface area contributed by atoms with E-state index in [2.05, 4.69) is 15.5 Å². The molecule has 144 valence electrons. The number of nitrogens with zero attached hydrogens (tertiary/aromatic N) is 3. The molecule has 0 radical (unpaired) electrons. The van der Waals surface area contributed by atoms with Crippen molar-refractivity contribution in [3.63, 3.8) is 0 Å². The molecule has 1 amide bonds. The van der Waals surface area contributed by atoms with E-state index in [4.69, 9.17) is 9.52 Å². The molecule has 28 heavy (non-hydrogen) atoms. The molecule has 1 atom stereocenters. The summed E-state index contributed by atoms with van der Waals surface area (Å²) in [6, 6.07) is 7.84. The minimum atomic E-state index is -1.07. The van der Waals surface area contributed by atoms with Gasteiger partial charge in [0, 0.05) is 17.7 Å². The molecule has 0 spiro atoms. The lowest BCUT2D eigenvalue weighted by Crippen LogP contribution is -2.26. The van der Waals surface area contributed by atoms with Gasteiger partial charge >= 0.3 is 5.97 Å². The zero-order valence-electron chi connectivity index (χ0n) is 14.5. The van der Waals surface area contributed by atoms with Crippen LogP contribution in [0, 0.1) is 17.0 Å². The maximum Gasteiger partial charge on any atom is 0.305 e. The fraction of sp³-hybridized carbons (Fsp3) is 0.176. The summed E-state index contributed by atoms with van der Waals surface area (Å²) in [4.78, 5) is 32.7. The summed E-state index contributed by atoms with van der Waals surface area (Å²) < 4.78 is 5.65. The molecule has 1 aromatic carbocycles. The first-order chi connectivity index (χ1) is 13.3. The van der Waals surface area contributed by atoms with E-state index in [-0.39, 0.29) is 17.3 Å². The first-order valence-electron chi connectivity index (χ1n) is 7.99. The zero-order valence-corrected chi connectivity index (χ0v) is 15.3. The predicted molar refractivity (Wildman–Crippen MR) is 102 cm³/mol. The van der Waals surface area contributed by atoms with Crippen LogP contribution >= 0.6 is 11.8 Å². The maximum absolute atomic E-state index is 11.6. The first kappa shape index (κ1) is 19.3. The Labute approximate surface area is 162 Å². The monoisotopic (exact) mass is 402 g/mol. The summed E-state index contributed by atoms with van der Waals surface area (Å²) in [5.74, 6) is -0.572. The van der Waals surface area contributed by atoms with Crippen molar-refractivity contribution in [2.45, 2.75) is 18.6 Å². The largest absolute Gasteiger partial charge is 0.481 e. The van der Waals surface area contributed by atoms with Crippen molar-refractivity contribution in [3.05, 3.63) is 51.8 Å². The number of nitro groups is 1. The smallest absolute Gasteiger partial charge is 0.305 e. The number of non-ortho nitro benzene ring substituents is 1. The van der Waals surface area contributed by atoms with Gasteiger partial charge in [0.1, 0.15) is 16.8 Å². The molecule has 1 aromatic heterocycles. The number of rotatable bonds is 6. The molecule has 3 rings (SSSR count). The lowest BCUT2D eigenvalue weighted by molar-refractivity contribution is -0.384. The van der Waals surface area contributed by atoms with Gasteiger partial charge in [0.05, 0.1) is 17.6 Å². The quantitative estimate of drug-likeness (QED) is 0.428. The molecular weight excluding hydrogens is 388 g/mol. The van der Waals surface area contributed by atoms with E-state index in [0.717, 1.165) is 11.8 Å². The van der Waals surface area contributed by atoms with Crippen molar-refractivity contribution in [1.29, 1.82) is 0 Å². The number of amidine groups is 1. The van der Waals surface area contributed by atoms with Gasteiger partial charge in [-0.3, -0.25) is 19.7 Å². The predicted octanol–water partition coefficient (Wildman–Crippen LogP) is 2.56. The molecule has 1 fully saturated rings. The number of carboxylic acid groups (broad SMARTS) is 1. The van der Waals surface area contributed by atoms with E-state index in [1.54, 1.807) is 25.1 Å². The summed E-state index contributed by atoms with van der Waals surface area (Å²) in [6.07, 6.45) is 1.05. The minimum Gasteiger partial charge on any atom is -0.481 e. The molecule has 1 aliphatic rings. The fourth-order valence-corrected chi connectivity index (χ4v) is 3.40. The molecule has 1 aliphatic heterocycles. The molecule has 1 unspecified atom stereocenters. The number of thioether (sulfide) groups is 1. The molecule has 1 saturated heterocycles. The number of carbonyl (C=O) groups is 2. The Morgan fingerprint density at radius 3 is 2.89 bits per heavy atom. The van der Waals surface area contributed by atoms with Gasteiger partial charge in [-0.05, 0) is 30.7 Å². The summed E-state index contributed by atoms with van der Waals surface area (Å²) in [5.41, 5.74) is 1.41. The normalized spacial score (nSPS) is 18.0. The molecular formula is C17H14N4O6S.